The zero-order valence-electron chi connectivity index (χ0n) is 9.58. The highest BCUT2D eigenvalue weighted by molar-refractivity contribution is 5.37. The lowest BCUT2D eigenvalue weighted by Gasteiger charge is -2.19. The van der Waals surface area contributed by atoms with Crippen LogP contribution in [0.1, 0.15) is 35.1 Å². The Labute approximate surface area is 101 Å². The van der Waals surface area contributed by atoms with Crippen molar-refractivity contribution in [1.29, 1.82) is 0 Å². The summed E-state index contributed by atoms with van der Waals surface area (Å²) in [5.74, 6) is 0.400. The van der Waals surface area contributed by atoms with Gasteiger partial charge in [0, 0.05) is 29.9 Å². The third-order valence-corrected chi connectivity index (χ3v) is 3.58. The molecular formula is C14H15N3. The highest BCUT2D eigenvalue weighted by atomic mass is 14.8. The van der Waals surface area contributed by atoms with Crippen LogP contribution >= 0.6 is 0 Å². The van der Waals surface area contributed by atoms with Crippen LogP contribution in [0.3, 0.4) is 0 Å². The number of aryl methyl sites for hydroxylation is 1. The molecule has 0 aliphatic heterocycles. The van der Waals surface area contributed by atoms with E-state index in [0.29, 0.717) is 5.92 Å². The Hall–Kier alpha value is -1.74. The second kappa shape index (κ2) is 4.26. The van der Waals surface area contributed by atoms with Gasteiger partial charge < -0.3 is 5.73 Å². The zero-order valence-corrected chi connectivity index (χ0v) is 9.58. The number of nitrogens with two attached hydrogens (primary N) is 1. The molecule has 2 aromatic rings. The lowest BCUT2D eigenvalue weighted by molar-refractivity contribution is 0.547. The highest BCUT2D eigenvalue weighted by Gasteiger charge is 2.28. The van der Waals surface area contributed by atoms with Crippen LogP contribution in [0.4, 0.5) is 0 Å². The summed E-state index contributed by atoms with van der Waals surface area (Å²) in [5, 5.41) is 0. The van der Waals surface area contributed by atoms with Gasteiger partial charge in [0.2, 0.25) is 0 Å². The van der Waals surface area contributed by atoms with Crippen molar-refractivity contribution in [2.45, 2.75) is 24.8 Å². The van der Waals surface area contributed by atoms with Crippen molar-refractivity contribution in [2.75, 3.05) is 0 Å². The molecule has 3 heteroatoms. The van der Waals surface area contributed by atoms with Crippen molar-refractivity contribution in [3.63, 3.8) is 0 Å². The summed E-state index contributed by atoms with van der Waals surface area (Å²) in [6.45, 7) is 0. The van der Waals surface area contributed by atoms with E-state index >= 15 is 0 Å². The van der Waals surface area contributed by atoms with Gasteiger partial charge >= 0.3 is 0 Å². The van der Waals surface area contributed by atoms with Gasteiger partial charge in [-0.3, -0.25) is 0 Å². The van der Waals surface area contributed by atoms with Gasteiger partial charge in [-0.1, -0.05) is 24.3 Å². The fourth-order valence-corrected chi connectivity index (χ4v) is 2.68. The molecule has 3 nitrogen and oxygen atoms in total. The third-order valence-electron chi connectivity index (χ3n) is 3.58. The summed E-state index contributed by atoms with van der Waals surface area (Å²) < 4.78 is 0. The molecule has 0 bridgehead atoms. The largest absolute Gasteiger partial charge is 0.323 e. The summed E-state index contributed by atoms with van der Waals surface area (Å²) in [6.07, 6.45) is 7.42. The second-order valence-corrected chi connectivity index (χ2v) is 4.54. The molecule has 0 fully saturated rings. The number of nitrogens with zero attached hydrogens (tertiary/aromatic N) is 2. The minimum Gasteiger partial charge on any atom is -0.323 e. The molecule has 1 aliphatic carbocycles. The van der Waals surface area contributed by atoms with Crippen LogP contribution in [-0.2, 0) is 6.42 Å². The van der Waals surface area contributed by atoms with Crippen molar-refractivity contribution in [3.8, 4) is 0 Å². The smallest absolute Gasteiger partial charge is 0.115 e. The van der Waals surface area contributed by atoms with Gasteiger partial charge in [0.15, 0.2) is 0 Å². The normalized spacial score (nSPS) is 19.9. The van der Waals surface area contributed by atoms with E-state index in [1.807, 2.05) is 12.4 Å². The Balaban J connectivity index is 1.92. The molecule has 1 aliphatic rings. The quantitative estimate of drug-likeness (QED) is 0.852. The van der Waals surface area contributed by atoms with Gasteiger partial charge in [-0.15, -0.1) is 0 Å². The number of fused-ring (bicyclic) bond motifs is 1. The Kier molecular flexibility index (Phi) is 2.61. The van der Waals surface area contributed by atoms with Crippen LogP contribution in [0.2, 0.25) is 0 Å². The summed E-state index contributed by atoms with van der Waals surface area (Å²) in [4.78, 5) is 8.08. The number of benzene rings is 1. The number of rotatable bonds is 2. The molecule has 1 aromatic heterocycles. The fraction of sp³-hybridized carbons (Fsp3) is 0.286. The van der Waals surface area contributed by atoms with E-state index in [4.69, 9.17) is 5.73 Å². The first-order valence-corrected chi connectivity index (χ1v) is 5.94. The van der Waals surface area contributed by atoms with Crippen LogP contribution in [0.15, 0.2) is 43.0 Å². The Morgan fingerprint density at radius 3 is 2.76 bits per heavy atom. The Morgan fingerprint density at radius 2 is 1.94 bits per heavy atom. The maximum Gasteiger partial charge on any atom is 0.115 e. The van der Waals surface area contributed by atoms with E-state index in [2.05, 4.69) is 34.2 Å². The first kappa shape index (κ1) is 10.4. The molecular weight excluding hydrogens is 210 g/mol. The summed E-state index contributed by atoms with van der Waals surface area (Å²) in [6, 6.07) is 8.57. The van der Waals surface area contributed by atoms with Crippen LogP contribution in [0.25, 0.3) is 0 Å². The monoisotopic (exact) mass is 225 g/mol. The van der Waals surface area contributed by atoms with Gasteiger partial charge in [-0.25, -0.2) is 9.97 Å². The van der Waals surface area contributed by atoms with E-state index in [0.717, 1.165) is 18.4 Å². The van der Waals surface area contributed by atoms with E-state index in [1.54, 1.807) is 6.33 Å². The van der Waals surface area contributed by atoms with Gasteiger partial charge in [0.25, 0.3) is 0 Å². The summed E-state index contributed by atoms with van der Waals surface area (Å²) in [7, 11) is 0. The van der Waals surface area contributed by atoms with E-state index < -0.39 is 0 Å². The minimum absolute atomic E-state index is 0.000139. The van der Waals surface area contributed by atoms with Crippen LogP contribution < -0.4 is 5.73 Å². The third kappa shape index (κ3) is 1.83. The Morgan fingerprint density at radius 1 is 1.18 bits per heavy atom. The SMILES string of the molecule is NC(c1cncnc1)C1CCc2ccccc21. The lowest BCUT2D eigenvalue weighted by atomic mass is 9.90. The fourth-order valence-electron chi connectivity index (χ4n) is 2.68. The number of aromatic nitrogens is 2. The van der Waals surface area contributed by atoms with Gasteiger partial charge in [0.1, 0.15) is 6.33 Å². The molecule has 17 heavy (non-hydrogen) atoms. The van der Waals surface area contributed by atoms with Gasteiger partial charge in [0.05, 0.1) is 0 Å². The first-order valence-electron chi connectivity index (χ1n) is 5.94. The van der Waals surface area contributed by atoms with Crippen molar-refractivity contribution < 1.29 is 0 Å². The second-order valence-electron chi connectivity index (χ2n) is 4.54. The molecule has 1 aromatic carbocycles. The van der Waals surface area contributed by atoms with Crippen molar-refractivity contribution >= 4 is 0 Å². The molecule has 0 saturated carbocycles. The topological polar surface area (TPSA) is 51.8 Å². The van der Waals surface area contributed by atoms with Crippen LogP contribution in [0.5, 0.6) is 0 Å². The number of hydrogen-bond acceptors (Lipinski definition) is 3. The predicted octanol–water partition coefficient (Wildman–Crippen LogP) is 2.21. The molecule has 0 saturated heterocycles. The van der Waals surface area contributed by atoms with Crippen LogP contribution in [0, 0.1) is 0 Å². The molecule has 0 spiro atoms. The average molecular weight is 225 g/mol. The molecule has 86 valence electrons. The average Bonchev–Trinajstić information content (AvgIpc) is 2.83. The van der Waals surface area contributed by atoms with Crippen LogP contribution in [-0.4, -0.2) is 9.97 Å². The summed E-state index contributed by atoms with van der Waals surface area (Å²) >= 11 is 0. The maximum atomic E-state index is 6.34. The molecule has 1 heterocycles. The molecule has 2 unspecified atom stereocenters. The maximum absolute atomic E-state index is 6.34. The van der Waals surface area contributed by atoms with Crippen molar-refractivity contribution in [2.24, 2.45) is 5.73 Å². The van der Waals surface area contributed by atoms with Crippen molar-refractivity contribution in [1.82, 2.24) is 9.97 Å². The minimum atomic E-state index is -0.000139. The van der Waals surface area contributed by atoms with E-state index in [1.165, 1.54) is 11.1 Å². The Bertz CT molecular complexity index is 510. The zero-order chi connectivity index (χ0) is 11.7. The molecule has 0 radical (unpaired) electrons. The molecule has 2 N–H and O–H groups in total. The highest BCUT2D eigenvalue weighted by Crippen LogP contribution is 2.39. The van der Waals surface area contributed by atoms with E-state index in [9.17, 15) is 0 Å². The molecule has 2 atom stereocenters. The van der Waals surface area contributed by atoms with Gasteiger partial charge in [-0.05, 0) is 24.0 Å². The van der Waals surface area contributed by atoms with Crippen molar-refractivity contribution in [3.05, 3.63) is 59.7 Å². The van der Waals surface area contributed by atoms with Gasteiger partial charge in [-0.2, -0.15) is 0 Å². The summed E-state index contributed by atoms with van der Waals surface area (Å²) in [5.41, 5.74) is 10.2. The van der Waals surface area contributed by atoms with E-state index in [-0.39, 0.29) is 6.04 Å². The molecule has 0 amide bonds. The lowest BCUT2D eigenvalue weighted by Crippen LogP contribution is -2.18. The number of hydrogen-bond donors (Lipinski definition) is 1. The first-order chi connectivity index (χ1) is 8.36. The standard InChI is InChI=1S/C14H15N3/c15-14(11-7-16-9-17-8-11)13-6-5-10-3-1-2-4-12(10)13/h1-4,7-9,13-14H,5-6,15H2. The predicted molar refractivity (Wildman–Crippen MR) is 66.5 cm³/mol. The molecule has 3 rings (SSSR count).